The molecule has 0 aromatic heterocycles. The normalized spacial score (nSPS) is 24.6. The summed E-state index contributed by atoms with van der Waals surface area (Å²) in [5.41, 5.74) is 1.38. The predicted octanol–water partition coefficient (Wildman–Crippen LogP) is 2.00. The highest BCUT2D eigenvalue weighted by molar-refractivity contribution is 5.79. The zero-order valence-electron chi connectivity index (χ0n) is 11.3. The molecular weight excluding hydrogens is 236 g/mol. The molecule has 1 unspecified atom stereocenters. The van der Waals surface area contributed by atoms with Gasteiger partial charge in [0.15, 0.2) is 0 Å². The van der Waals surface area contributed by atoms with E-state index in [4.69, 9.17) is 0 Å². The van der Waals surface area contributed by atoms with Crippen molar-refractivity contribution in [2.75, 3.05) is 26.2 Å². The molecule has 2 aliphatic rings. The Hall–Kier alpha value is -1.35. The summed E-state index contributed by atoms with van der Waals surface area (Å²) < 4.78 is 0. The van der Waals surface area contributed by atoms with E-state index in [1.54, 1.807) is 0 Å². The average Bonchev–Trinajstić information content (AvgIpc) is 2.98. The number of nitrogens with zero attached hydrogens (tertiary/aromatic N) is 1. The molecule has 0 spiro atoms. The zero-order chi connectivity index (χ0) is 13.1. The smallest absolute Gasteiger partial charge is 0.225 e. The molecule has 1 N–H and O–H groups in total. The van der Waals surface area contributed by atoms with E-state index < -0.39 is 0 Å². The van der Waals surface area contributed by atoms with Crippen LogP contribution in [0, 0.1) is 5.92 Å². The lowest BCUT2D eigenvalue weighted by molar-refractivity contribution is -0.135. The summed E-state index contributed by atoms with van der Waals surface area (Å²) in [5, 5.41) is 3.32. The first-order valence-electron chi connectivity index (χ1n) is 7.39. The third-order valence-corrected chi connectivity index (χ3v) is 4.46. The number of likely N-dealkylation sites (tertiary alicyclic amines) is 1. The Morgan fingerprint density at radius 2 is 1.84 bits per heavy atom. The van der Waals surface area contributed by atoms with Gasteiger partial charge < -0.3 is 10.2 Å². The average molecular weight is 258 g/mol. The van der Waals surface area contributed by atoms with Gasteiger partial charge in [0.2, 0.25) is 5.91 Å². The maximum Gasteiger partial charge on any atom is 0.225 e. The van der Waals surface area contributed by atoms with E-state index in [1.807, 2.05) is 0 Å². The van der Waals surface area contributed by atoms with Gasteiger partial charge in [0, 0.05) is 24.9 Å². The van der Waals surface area contributed by atoms with Gasteiger partial charge in [-0.15, -0.1) is 0 Å². The third kappa shape index (κ3) is 2.81. The molecule has 0 aliphatic carbocycles. The first kappa shape index (κ1) is 12.7. The molecule has 3 heteroatoms. The predicted molar refractivity (Wildman–Crippen MR) is 76.0 cm³/mol. The molecule has 102 valence electrons. The van der Waals surface area contributed by atoms with Crippen LogP contribution >= 0.6 is 0 Å². The van der Waals surface area contributed by atoms with E-state index in [0.717, 1.165) is 45.4 Å². The molecular formula is C16H22N2O. The van der Waals surface area contributed by atoms with Crippen LogP contribution in [0.5, 0.6) is 0 Å². The van der Waals surface area contributed by atoms with Crippen LogP contribution in [0.2, 0.25) is 0 Å². The Balaban J connectivity index is 1.61. The number of carbonyl (C=O) groups excluding carboxylic acids is 1. The van der Waals surface area contributed by atoms with Crippen molar-refractivity contribution in [2.45, 2.75) is 25.2 Å². The van der Waals surface area contributed by atoms with Crippen LogP contribution in [0.1, 0.15) is 30.7 Å². The largest absolute Gasteiger partial charge is 0.342 e. The summed E-state index contributed by atoms with van der Waals surface area (Å²) in [5.74, 6) is 1.18. The second kappa shape index (κ2) is 5.74. The summed E-state index contributed by atoms with van der Waals surface area (Å²) in [4.78, 5) is 14.6. The molecule has 0 saturated carbocycles. The van der Waals surface area contributed by atoms with E-state index in [1.165, 1.54) is 5.56 Å². The second-order valence-corrected chi connectivity index (χ2v) is 5.70. The molecule has 1 amide bonds. The minimum Gasteiger partial charge on any atom is -0.342 e. The molecule has 2 fully saturated rings. The number of piperidine rings is 1. The van der Waals surface area contributed by atoms with Crippen molar-refractivity contribution in [2.24, 2.45) is 5.92 Å². The van der Waals surface area contributed by atoms with Crippen molar-refractivity contribution in [3.05, 3.63) is 35.9 Å². The summed E-state index contributed by atoms with van der Waals surface area (Å²) in [6.45, 7) is 3.83. The maximum atomic E-state index is 12.5. The number of benzene rings is 1. The van der Waals surface area contributed by atoms with Crippen LogP contribution < -0.4 is 5.32 Å². The number of nitrogens with one attached hydrogen (secondary N) is 1. The van der Waals surface area contributed by atoms with E-state index in [2.05, 4.69) is 40.5 Å². The van der Waals surface area contributed by atoms with Crippen molar-refractivity contribution in [3.63, 3.8) is 0 Å². The second-order valence-electron chi connectivity index (χ2n) is 5.70. The van der Waals surface area contributed by atoms with Gasteiger partial charge in [-0.25, -0.2) is 0 Å². The monoisotopic (exact) mass is 258 g/mol. The molecule has 2 saturated heterocycles. The fraction of sp³-hybridized carbons (Fsp3) is 0.562. The van der Waals surface area contributed by atoms with Gasteiger partial charge in [-0.3, -0.25) is 4.79 Å². The summed E-state index contributed by atoms with van der Waals surface area (Å²) in [6.07, 6.45) is 3.12. The van der Waals surface area contributed by atoms with Crippen molar-refractivity contribution >= 4 is 5.91 Å². The molecule has 3 rings (SSSR count). The van der Waals surface area contributed by atoms with Crippen molar-refractivity contribution in [1.29, 1.82) is 0 Å². The SMILES string of the molecule is O=C(C1CCNCC1)N1CCC(c2ccccc2)C1. The first-order valence-corrected chi connectivity index (χ1v) is 7.39. The van der Waals surface area contributed by atoms with Gasteiger partial charge in [0.1, 0.15) is 0 Å². The molecule has 1 aromatic carbocycles. The topological polar surface area (TPSA) is 32.3 Å². The van der Waals surface area contributed by atoms with Crippen molar-refractivity contribution in [1.82, 2.24) is 10.2 Å². The number of amides is 1. The third-order valence-electron chi connectivity index (χ3n) is 4.46. The Bertz CT molecular complexity index is 426. The van der Waals surface area contributed by atoms with E-state index in [9.17, 15) is 4.79 Å². The summed E-state index contributed by atoms with van der Waals surface area (Å²) in [7, 11) is 0. The molecule has 19 heavy (non-hydrogen) atoms. The fourth-order valence-corrected chi connectivity index (χ4v) is 3.28. The van der Waals surface area contributed by atoms with Crippen LogP contribution in [0.25, 0.3) is 0 Å². The number of hydrogen-bond acceptors (Lipinski definition) is 2. The lowest BCUT2D eigenvalue weighted by Crippen LogP contribution is -2.39. The van der Waals surface area contributed by atoms with Crippen LogP contribution in [-0.4, -0.2) is 37.0 Å². The molecule has 0 radical (unpaired) electrons. The zero-order valence-corrected chi connectivity index (χ0v) is 11.3. The Kier molecular flexibility index (Phi) is 3.83. The van der Waals surface area contributed by atoms with Crippen molar-refractivity contribution < 1.29 is 4.79 Å². The lowest BCUT2D eigenvalue weighted by atomic mass is 9.96. The van der Waals surface area contributed by atoms with Crippen LogP contribution in [0.3, 0.4) is 0 Å². The quantitative estimate of drug-likeness (QED) is 0.880. The highest BCUT2D eigenvalue weighted by Gasteiger charge is 2.31. The highest BCUT2D eigenvalue weighted by Crippen LogP contribution is 2.29. The Morgan fingerprint density at radius 3 is 2.58 bits per heavy atom. The lowest BCUT2D eigenvalue weighted by Gasteiger charge is -2.26. The van der Waals surface area contributed by atoms with Gasteiger partial charge in [-0.1, -0.05) is 30.3 Å². The van der Waals surface area contributed by atoms with E-state index in [-0.39, 0.29) is 5.92 Å². The summed E-state index contributed by atoms with van der Waals surface area (Å²) in [6, 6.07) is 10.6. The summed E-state index contributed by atoms with van der Waals surface area (Å²) >= 11 is 0. The van der Waals surface area contributed by atoms with E-state index >= 15 is 0 Å². The molecule has 1 aromatic rings. The van der Waals surface area contributed by atoms with Crippen molar-refractivity contribution in [3.8, 4) is 0 Å². The minimum atomic E-state index is 0.260. The molecule has 1 atom stereocenters. The van der Waals surface area contributed by atoms with Crippen LogP contribution in [0.15, 0.2) is 30.3 Å². The number of carbonyl (C=O) groups is 1. The van der Waals surface area contributed by atoms with Gasteiger partial charge >= 0.3 is 0 Å². The minimum absolute atomic E-state index is 0.260. The first-order chi connectivity index (χ1) is 9.34. The van der Waals surface area contributed by atoms with Crippen LogP contribution in [0.4, 0.5) is 0 Å². The number of hydrogen-bond donors (Lipinski definition) is 1. The molecule has 3 nitrogen and oxygen atoms in total. The molecule has 2 aliphatic heterocycles. The van der Waals surface area contributed by atoms with Gasteiger partial charge in [0.05, 0.1) is 0 Å². The van der Waals surface area contributed by atoms with E-state index in [0.29, 0.717) is 11.8 Å². The maximum absolute atomic E-state index is 12.5. The Morgan fingerprint density at radius 1 is 1.11 bits per heavy atom. The fourth-order valence-electron chi connectivity index (χ4n) is 3.28. The van der Waals surface area contributed by atoms with Gasteiger partial charge in [-0.05, 0) is 37.9 Å². The standard InChI is InChI=1S/C16H22N2O/c19-16(14-6-9-17-10-7-14)18-11-8-15(12-18)13-4-2-1-3-5-13/h1-5,14-15,17H,6-12H2. The molecule has 2 heterocycles. The number of rotatable bonds is 2. The molecule has 0 bridgehead atoms. The van der Waals surface area contributed by atoms with Gasteiger partial charge in [0.25, 0.3) is 0 Å². The highest BCUT2D eigenvalue weighted by atomic mass is 16.2. The van der Waals surface area contributed by atoms with Gasteiger partial charge in [-0.2, -0.15) is 0 Å². The Labute approximate surface area is 115 Å². The van der Waals surface area contributed by atoms with Crippen LogP contribution in [-0.2, 0) is 4.79 Å².